The monoisotopic (exact) mass is 401 g/mol. The van der Waals surface area contributed by atoms with Crippen LogP contribution in [0.1, 0.15) is 0 Å². The molecule has 4 nitrogen and oxygen atoms in total. The summed E-state index contributed by atoms with van der Waals surface area (Å²) in [4.78, 5) is 8.96. The minimum atomic E-state index is 0. The number of nitrogens with zero attached hydrogens (tertiary/aromatic N) is 2. The Morgan fingerprint density at radius 1 is 0.387 bits per heavy atom. The average Bonchev–Trinajstić information content (AvgIpc) is 2.80. The molecule has 0 amide bonds. The predicted molar refractivity (Wildman–Crippen MR) is 130 cm³/mol. The van der Waals surface area contributed by atoms with Crippen LogP contribution in [-0.4, -0.2) is 30.3 Å². The van der Waals surface area contributed by atoms with Gasteiger partial charge in [0.15, 0.2) is 0 Å². The van der Waals surface area contributed by atoms with Gasteiger partial charge in [0.05, 0.1) is 22.1 Å². The van der Waals surface area contributed by atoms with Crippen molar-refractivity contribution in [1.82, 2.24) is 9.97 Å². The van der Waals surface area contributed by atoms with Gasteiger partial charge in [-0.3, -0.25) is 0 Å². The molecule has 2 aromatic heterocycles. The maximum absolute atomic E-state index is 10.1. The van der Waals surface area contributed by atoms with Crippen LogP contribution in [0.3, 0.4) is 0 Å². The van der Waals surface area contributed by atoms with Gasteiger partial charge in [-0.2, -0.15) is 0 Å². The maximum atomic E-state index is 10.1. The van der Waals surface area contributed by atoms with E-state index in [4.69, 9.17) is 0 Å². The van der Waals surface area contributed by atoms with E-state index >= 15 is 0 Å². The molecule has 0 aliphatic heterocycles. The number of hydrogen-bond acceptors (Lipinski definition) is 4. The second kappa shape index (κ2) is 8.39. The molecular weight excluding hydrogens is 381 g/mol. The van der Waals surface area contributed by atoms with Crippen molar-refractivity contribution in [2.45, 2.75) is 0 Å². The first-order valence-corrected chi connectivity index (χ1v) is 9.65. The van der Waals surface area contributed by atoms with Crippen LogP contribution < -0.4 is 0 Å². The van der Waals surface area contributed by atoms with Gasteiger partial charge in [-0.25, -0.2) is 9.97 Å². The zero-order valence-corrected chi connectivity index (χ0v) is 16.0. The molecule has 0 fully saturated rings. The Balaban J connectivity index is 0.000000144. The summed E-state index contributed by atoms with van der Waals surface area (Å²) in [6.07, 6.45) is 0. The second-order valence-electron chi connectivity index (χ2n) is 6.99. The molecule has 0 spiro atoms. The molecule has 31 heavy (non-hydrogen) atoms. The van der Waals surface area contributed by atoms with Crippen LogP contribution in [-0.2, 0) is 0 Å². The molecule has 0 aliphatic carbocycles. The molecule has 0 aliphatic rings. The quantitative estimate of drug-likeness (QED) is 0.269. The van der Waals surface area contributed by atoms with Crippen molar-refractivity contribution >= 4 is 53.7 Å². The molecular formula is C26H20BeN2O2. The second-order valence-corrected chi connectivity index (χ2v) is 6.99. The Morgan fingerprint density at radius 3 is 0.871 bits per heavy atom. The van der Waals surface area contributed by atoms with Crippen molar-refractivity contribution in [1.29, 1.82) is 0 Å². The fourth-order valence-electron chi connectivity index (χ4n) is 3.64. The number of pyridine rings is 2. The first-order valence-electron chi connectivity index (χ1n) is 9.65. The number of hydrogen-bond donors (Lipinski definition) is 2. The van der Waals surface area contributed by atoms with Gasteiger partial charge in [-0.1, -0.05) is 48.5 Å². The van der Waals surface area contributed by atoms with Crippen LogP contribution in [0, 0.1) is 0 Å². The van der Waals surface area contributed by atoms with Gasteiger partial charge in [0.2, 0.25) is 0 Å². The van der Waals surface area contributed by atoms with Crippen molar-refractivity contribution in [3.63, 3.8) is 0 Å². The molecule has 2 N–H and O–H groups in total. The van der Waals surface area contributed by atoms with E-state index in [1.54, 1.807) is 0 Å². The summed E-state index contributed by atoms with van der Waals surface area (Å²) >= 11 is 0. The van der Waals surface area contributed by atoms with Crippen molar-refractivity contribution in [3.8, 4) is 11.5 Å². The summed E-state index contributed by atoms with van der Waals surface area (Å²) in [6.45, 7) is 0. The van der Waals surface area contributed by atoms with E-state index in [0.29, 0.717) is 11.5 Å². The molecule has 0 saturated heterocycles. The summed E-state index contributed by atoms with van der Waals surface area (Å²) in [7, 11) is 0. The topological polar surface area (TPSA) is 66.2 Å². The van der Waals surface area contributed by atoms with Crippen LogP contribution in [0.2, 0.25) is 0 Å². The first-order chi connectivity index (χ1) is 14.7. The van der Waals surface area contributed by atoms with Crippen LogP contribution in [0.15, 0.2) is 97.1 Å². The molecule has 6 aromatic rings. The van der Waals surface area contributed by atoms with Crippen molar-refractivity contribution in [2.75, 3.05) is 0 Å². The molecule has 6 rings (SSSR count). The molecule has 0 saturated carbocycles. The Kier molecular flexibility index (Phi) is 5.48. The third-order valence-electron chi connectivity index (χ3n) is 5.12. The zero-order chi connectivity index (χ0) is 20.5. The van der Waals surface area contributed by atoms with E-state index in [-0.39, 0.29) is 10.1 Å². The summed E-state index contributed by atoms with van der Waals surface area (Å²) < 4.78 is 0. The third-order valence-corrected chi connectivity index (χ3v) is 5.12. The molecule has 0 atom stereocenters. The molecule has 148 valence electrons. The zero-order valence-electron chi connectivity index (χ0n) is 16.0. The summed E-state index contributed by atoms with van der Waals surface area (Å²) in [5, 5.41) is 23.3. The number of rotatable bonds is 0. The van der Waals surface area contributed by atoms with E-state index in [2.05, 4.69) is 9.97 Å². The Labute approximate surface area is 182 Å². The normalized spacial score (nSPS) is 10.6. The Hall–Kier alpha value is -4.01. The number of benzene rings is 4. The molecule has 2 heterocycles. The first kappa shape index (κ1) is 20.3. The van der Waals surface area contributed by atoms with E-state index in [1.165, 1.54) is 0 Å². The summed E-state index contributed by atoms with van der Waals surface area (Å²) in [6, 6.07) is 30.4. The van der Waals surface area contributed by atoms with Gasteiger partial charge >= 0.3 is 10.1 Å². The van der Waals surface area contributed by atoms with Gasteiger partial charge in [-0.05, 0) is 48.5 Å². The van der Waals surface area contributed by atoms with Crippen LogP contribution >= 0.6 is 0 Å². The Bertz CT molecular complexity index is 1310. The molecule has 0 unspecified atom stereocenters. The van der Waals surface area contributed by atoms with Crippen molar-refractivity contribution < 1.29 is 10.2 Å². The van der Waals surface area contributed by atoms with Gasteiger partial charge in [0.25, 0.3) is 0 Å². The standard InChI is InChI=1S/2C13H9NO.Be.2H/c2*15-13-9-5-1-3-7-11(9)14-12-8-4-2-6-10(12)13;;;/h2*1-8H,(H,14,15);;;. The molecule has 5 heteroatoms. The van der Waals surface area contributed by atoms with E-state index in [0.717, 1.165) is 43.6 Å². The van der Waals surface area contributed by atoms with Crippen LogP contribution in [0.4, 0.5) is 0 Å². The fraction of sp³-hybridized carbons (Fsp3) is 0. The summed E-state index contributed by atoms with van der Waals surface area (Å²) in [5.74, 6) is 0.632. The Morgan fingerprint density at radius 2 is 0.613 bits per heavy atom. The predicted octanol–water partition coefficient (Wildman–Crippen LogP) is 5.27. The third kappa shape index (κ3) is 3.65. The summed E-state index contributed by atoms with van der Waals surface area (Å²) in [5.41, 5.74) is 3.31. The van der Waals surface area contributed by atoms with Gasteiger partial charge < -0.3 is 10.2 Å². The fourth-order valence-corrected chi connectivity index (χ4v) is 3.64. The minimum absolute atomic E-state index is 0. The molecule has 4 aromatic carbocycles. The van der Waals surface area contributed by atoms with Crippen molar-refractivity contribution in [2.24, 2.45) is 0 Å². The van der Waals surface area contributed by atoms with Gasteiger partial charge in [0.1, 0.15) is 11.5 Å². The van der Waals surface area contributed by atoms with Crippen LogP contribution in [0.25, 0.3) is 43.6 Å². The number of aromatic hydroxyl groups is 2. The van der Waals surface area contributed by atoms with E-state index in [9.17, 15) is 10.2 Å². The number of aromatic nitrogens is 2. The average molecular weight is 401 g/mol. The van der Waals surface area contributed by atoms with E-state index in [1.807, 2.05) is 97.1 Å². The van der Waals surface area contributed by atoms with Crippen LogP contribution in [0.5, 0.6) is 11.5 Å². The number of fused-ring (bicyclic) bond motifs is 4. The molecule has 0 radical (unpaired) electrons. The van der Waals surface area contributed by atoms with E-state index < -0.39 is 0 Å². The van der Waals surface area contributed by atoms with Gasteiger partial charge in [0, 0.05) is 21.5 Å². The van der Waals surface area contributed by atoms with Crippen molar-refractivity contribution in [3.05, 3.63) is 97.1 Å². The molecule has 0 bridgehead atoms. The number of para-hydroxylation sites is 4. The SMILES string of the molecule is Oc1c2ccccc2nc2ccccc12.Oc1c2ccccc2nc2ccccc12.[BeH2]. The van der Waals surface area contributed by atoms with Gasteiger partial charge in [-0.15, -0.1) is 0 Å².